The van der Waals surface area contributed by atoms with Crippen LogP contribution in [0.3, 0.4) is 0 Å². The van der Waals surface area contributed by atoms with E-state index < -0.39 is 42.6 Å². The topological polar surface area (TPSA) is 145 Å². The summed E-state index contributed by atoms with van der Waals surface area (Å²) < 4.78 is 5.43. The van der Waals surface area contributed by atoms with E-state index in [1.54, 1.807) is 0 Å². The van der Waals surface area contributed by atoms with Crippen LogP contribution in [0, 0.1) is 0 Å². The lowest BCUT2D eigenvalue weighted by Gasteiger charge is -2.25. The van der Waals surface area contributed by atoms with Gasteiger partial charge in [-0.2, -0.15) is 0 Å². The van der Waals surface area contributed by atoms with E-state index in [4.69, 9.17) is 14.9 Å². The molecule has 2 aromatic rings. The summed E-state index contributed by atoms with van der Waals surface area (Å²) in [7, 11) is 0. The first-order valence-electron chi connectivity index (χ1n) is 11.4. The van der Waals surface area contributed by atoms with E-state index in [2.05, 4.69) is 10.6 Å². The number of hydrogen-bond donors (Lipinski definition) is 4. The van der Waals surface area contributed by atoms with Crippen molar-refractivity contribution in [3.8, 4) is 11.1 Å². The molecule has 10 nitrogen and oxygen atoms in total. The highest BCUT2D eigenvalue weighted by molar-refractivity contribution is 5.92. The minimum absolute atomic E-state index is 0.107. The Morgan fingerprint density at radius 3 is 2.26 bits per heavy atom. The van der Waals surface area contributed by atoms with Gasteiger partial charge in [0.25, 0.3) is 0 Å². The summed E-state index contributed by atoms with van der Waals surface area (Å²) >= 11 is 0. The van der Waals surface area contributed by atoms with Crippen LogP contribution in [0.1, 0.15) is 29.9 Å². The van der Waals surface area contributed by atoms with Crippen molar-refractivity contribution in [2.75, 3.05) is 26.3 Å². The zero-order valence-corrected chi connectivity index (χ0v) is 19.0. The Balaban J connectivity index is 1.30. The van der Waals surface area contributed by atoms with Crippen LogP contribution in [0.5, 0.6) is 0 Å². The van der Waals surface area contributed by atoms with E-state index in [1.807, 2.05) is 48.5 Å². The molecule has 1 aliphatic heterocycles. The zero-order chi connectivity index (χ0) is 24.9. The van der Waals surface area contributed by atoms with Crippen molar-refractivity contribution in [2.24, 2.45) is 0 Å². The molecule has 4 N–H and O–H groups in total. The van der Waals surface area contributed by atoms with Gasteiger partial charge in [-0.05, 0) is 35.1 Å². The Kier molecular flexibility index (Phi) is 7.31. The van der Waals surface area contributed by atoms with Crippen LogP contribution >= 0.6 is 0 Å². The summed E-state index contributed by atoms with van der Waals surface area (Å²) in [5.41, 5.74) is 4.37. The standard InChI is InChI=1S/C25H27N3O7/c29-13-20(24(32)33)27-23(31)21-10-5-11-28(21)22(30)12-26-25(34)35-14-19-17-8-3-1-6-15(17)16-7-2-4-9-18(16)19/h1-4,6-9,19-21,29H,5,10-14H2,(H,26,34)(H,27,31)(H,32,33)/t20-,21-/m0/s1. The lowest BCUT2D eigenvalue weighted by atomic mass is 9.98. The number of nitrogens with zero attached hydrogens (tertiary/aromatic N) is 1. The quantitative estimate of drug-likeness (QED) is 0.441. The van der Waals surface area contributed by atoms with Gasteiger partial charge in [0.05, 0.1) is 6.61 Å². The van der Waals surface area contributed by atoms with E-state index in [1.165, 1.54) is 4.90 Å². The molecule has 1 heterocycles. The number of rotatable bonds is 8. The van der Waals surface area contributed by atoms with Gasteiger partial charge in [0.2, 0.25) is 11.8 Å². The summed E-state index contributed by atoms with van der Waals surface area (Å²) in [5, 5.41) is 22.8. The number of hydrogen-bond acceptors (Lipinski definition) is 6. The number of alkyl carbamates (subject to hydrolysis) is 1. The van der Waals surface area contributed by atoms with Gasteiger partial charge in [-0.15, -0.1) is 0 Å². The number of carbonyl (C=O) groups excluding carboxylic acids is 3. The molecule has 0 bridgehead atoms. The molecule has 4 rings (SSSR count). The Morgan fingerprint density at radius 1 is 1.03 bits per heavy atom. The Morgan fingerprint density at radius 2 is 1.66 bits per heavy atom. The predicted molar refractivity (Wildman–Crippen MR) is 124 cm³/mol. The van der Waals surface area contributed by atoms with Crippen LogP contribution in [-0.4, -0.2) is 77.4 Å². The zero-order valence-electron chi connectivity index (χ0n) is 19.0. The predicted octanol–water partition coefficient (Wildman–Crippen LogP) is 1.08. The summed E-state index contributed by atoms with van der Waals surface area (Å²) in [6, 6.07) is 13.6. The Labute approximate surface area is 201 Å². The Hall–Kier alpha value is -3.92. The molecule has 2 atom stereocenters. The third kappa shape index (κ3) is 5.12. The third-order valence-corrected chi connectivity index (χ3v) is 6.40. The maximum atomic E-state index is 12.7. The number of fused-ring (bicyclic) bond motifs is 3. The first-order valence-corrected chi connectivity index (χ1v) is 11.4. The number of aliphatic hydroxyl groups excluding tert-OH is 1. The number of carboxylic acid groups (broad SMARTS) is 1. The average molecular weight is 482 g/mol. The second-order valence-electron chi connectivity index (χ2n) is 8.51. The second kappa shape index (κ2) is 10.6. The molecule has 10 heteroatoms. The lowest BCUT2D eigenvalue weighted by molar-refractivity contribution is -0.144. The summed E-state index contributed by atoms with van der Waals surface area (Å²) in [5.74, 6) is -2.61. The maximum absolute atomic E-state index is 12.7. The molecular formula is C25H27N3O7. The van der Waals surface area contributed by atoms with Gasteiger partial charge < -0.3 is 30.5 Å². The van der Waals surface area contributed by atoms with Crippen LogP contribution in [0.2, 0.25) is 0 Å². The lowest BCUT2D eigenvalue weighted by Crippen LogP contribution is -2.53. The fraction of sp³-hybridized carbons (Fsp3) is 0.360. The largest absolute Gasteiger partial charge is 0.480 e. The van der Waals surface area contributed by atoms with E-state index in [9.17, 15) is 19.2 Å². The van der Waals surface area contributed by atoms with Crippen molar-refractivity contribution in [3.05, 3.63) is 59.7 Å². The van der Waals surface area contributed by atoms with Gasteiger partial charge in [-0.3, -0.25) is 9.59 Å². The molecule has 0 radical (unpaired) electrons. The highest BCUT2D eigenvalue weighted by Gasteiger charge is 2.36. The SMILES string of the molecule is O=C(NCC(=O)N1CCC[C@H]1C(=O)N[C@@H](CO)C(=O)O)OCC1c2ccccc2-c2ccccc21. The molecule has 1 saturated heterocycles. The summed E-state index contributed by atoms with van der Waals surface area (Å²) in [4.78, 5) is 49.8. The van der Waals surface area contributed by atoms with Crippen LogP contribution in [0.4, 0.5) is 4.79 Å². The molecule has 0 aromatic heterocycles. The molecule has 2 aliphatic rings. The fourth-order valence-corrected chi connectivity index (χ4v) is 4.69. The van der Waals surface area contributed by atoms with E-state index >= 15 is 0 Å². The number of benzene rings is 2. The number of aliphatic hydroxyl groups is 1. The van der Waals surface area contributed by atoms with Gasteiger partial charge >= 0.3 is 12.1 Å². The number of ether oxygens (including phenoxy) is 1. The van der Waals surface area contributed by atoms with Crippen LogP contribution in [-0.2, 0) is 19.1 Å². The van der Waals surface area contributed by atoms with Gasteiger partial charge in [0, 0.05) is 12.5 Å². The smallest absolute Gasteiger partial charge is 0.407 e. The fourth-order valence-electron chi connectivity index (χ4n) is 4.69. The molecule has 1 aliphatic carbocycles. The average Bonchev–Trinajstić information content (AvgIpc) is 3.48. The van der Waals surface area contributed by atoms with Crippen LogP contribution < -0.4 is 10.6 Å². The van der Waals surface area contributed by atoms with Gasteiger partial charge in [0.15, 0.2) is 0 Å². The Bertz CT molecular complexity index is 1090. The van der Waals surface area contributed by atoms with Crippen molar-refractivity contribution in [1.82, 2.24) is 15.5 Å². The molecule has 0 saturated carbocycles. The summed E-state index contributed by atoms with van der Waals surface area (Å²) in [6.07, 6.45) is 0.179. The second-order valence-corrected chi connectivity index (χ2v) is 8.51. The van der Waals surface area contributed by atoms with Crippen molar-refractivity contribution in [1.29, 1.82) is 0 Å². The molecule has 35 heavy (non-hydrogen) atoms. The van der Waals surface area contributed by atoms with Crippen molar-refractivity contribution in [2.45, 2.75) is 30.8 Å². The van der Waals surface area contributed by atoms with Crippen molar-refractivity contribution >= 4 is 23.9 Å². The molecule has 3 amide bonds. The van der Waals surface area contributed by atoms with Gasteiger partial charge in [0.1, 0.15) is 25.2 Å². The monoisotopic (exact) mass is 481 g/mol. The van der Waals surface area contributed by atoms with Crippen molar-refractivity contribution < 1.29 is 34.1 Å². The van der Waals surface area contributed by atoms with Crippen molar-refractivity contribution in [3.63, 3.8) is 0 Å². The van der Waals surface area contributed by atoms with Crippen LogP contribution in [0.25, 0.3) is 11.1 Å². The number of carboxylic acids is 1. The highest BCUT2D eigenvalue weighted by atomic mass is 16.5. The van der Waals surface area contributed by atoms with Crippen LogP contribution in [0.15, 0.2) is 48.5 Å². The highest BCUT2D eigenvalue weighted by Crippen LogP contribution is 2.44. The van der Waals surface area contributed by atoms with E-state index in [0.29, 0.717) is 19.4 Å². The molecule has 0 spiro atoms. The summed E-state index contributed by atoms with van der Waals surface area (Å²) in [6.45, 7) is -0.700. The van der Waals surface area contributed by atoms with Gasteiger partial charge in [-0.25, -0.2) is 9.59 Å². The molecular weight excluding hydrogens is 454 g/mol. The molecule has 184 valence electrons. The third-order valence-electron chi connectivity index (χ3n) is 6.40. The minimum atomic E-state index is -1.45. The molecule has 0 unspecified atom stereocenters. The first kappa shape index (κ1) is 24.2. The normalized spacial score (nSPS) is 17.3. The number of nitrogens with one attached hydrogen (secondary N) is 2. The van der Waals surface area contributed by atoms with Gasteiger partial charge in [-0.1, -0.05) is 48.5 Å². The minimum Gasteiger partial charge on any atom is -0.480 e. The molecule has 1 fully saturated rings. The number of carbonyl (C=O) groups is 4. The molecule has 2 aromatic carbocycles. The first-order chi connectivity index (χ1) is 16.9. The van der Waals surface area contributed by atoms with E-state index in [0.717, 1.165) is 22.3 Å². The van der Waals surface area contributed by atoms with E-state index in [-0.39, 0.29) is 19.1 Å². The number of likely N-dealkylation sites (tertiary alicyclic amines) is 1. The number of amides is 3. The maximum Gasteiger partial charge on any atom is 0.407 e. The number of aliphatic carboxylic acids is 1.